The van der Waals surface area contributed by atoms with Crippen LogP contribution in [0.25, 0.3) is 11.4 Å². The van der Waals surface area contributed by atoms with Crippen molar-refractivity contribution in [3.05, 3.63) is 46.7 Å². The monoisotopic (exact) mass is 467 g/mol. The Bertz CT molecular complexity index is 1230. The first-order valence-corrected chi connectivity index (χ1v) is 11.2. The molecule has 172 valence electrons. The Morgan fingerprint density at radius 3 is 2.88 bits per heavy atom. The molecule has 2 aliphatic rings. The predicted molar refractivity (Wildman–Crippen MR) is 129 cm³/mol. The molecular weight excluding hydrogens is 442 g/mol. The first-order chi connectivity index (χ1) is 16.0. The van der Waals surface area contributed by atoms with Gasteiger partial charge in [0, 0.05) is 37.4 Å². The van der Waals surface area contributed by atoms with Crippen molar-refractivity contribution < 1.29 is 9.53 Å². The zero-order valence-corrected chi connectivity index (χ0v) is 19.5. The van der Waals surface area contributed by atoms with E-state index in [0.717, 1.165) is 25.2 Å². The van der Waals surface area contributed by atoms with Gasteiger partial charge in [-0.05, 0) is 38.2 Å². The number of hydrogen-bond acceptors (Lipinski definition) is 7. The van der Waals surface area contributed by atoms with E-state index < -0.39 is 0 Å². The van der Waals surface area contributed by atoms with E-state index in [-0.39, 0.29) is 11.3 Å². The number of nitrogens with one attached hydrogen (secondary N) is 4. The molecule has 0 bridgehead atoms. The lowest BCUT2D eigenvalue weighted by Gasteiger charge is -2.33. The minimum absolute atomic E-state index is 0.126. The fraction of sp³-hybridized carbons (Fsp3) is 0.348. The highest BCUT2D eigenvalue weighted by atomic mass is 35.5. The number of aromatic amines is 1. The molecule has 33 heavy (non-hydrogen) atoms. The number of ether oxygens (including phenoxy) is 1. The van der Waals surface area contributed by atoms with E-state index in [1.165, 1.54) is 0 Å². The Morgan fingerprint density at radius 2 is 2.15 bits per heavy atom. The van der Waals surface area contributed by atoms with E-state index >= 15 is 0 Å². The van der Waals surface area contributed by atoms with Crippen LogP contribution in [0.1, 0.15) is 22.5 Å². The number of para-hydroxylation sites is 1. The van der Waals surface area contributed by atoms with E-state index in [0.29, 0.717) is 51.6 Å². The van der Waals surface area contributed by atoms with Crippen LogP contribution in [0, 0.1) is 0 Å². The highest BCUT2D eigenvalue weighted by Crippen LogP contribution is 2.46. The highest BCUT2D eigenvalue weighted by molar-refractivity contribution is 6.32. The third-order valence-electron chi connectivity index (χ3n) is 6.46. The van der Waals surface area contributed by atoms with Crippen molar-refractivity contribution in [2.45, 2.75) is 11.8 Å². The van der Waals surface area contributed by atoms with Gasteiger partial charge in [-0.2, -0.15) is 0 Å². The SMILES string of the molecule is CNc1nccc(-c2[nH]c3c(c2Nc2cccc(Cl)c2OC)C(=O)NCC32CCN(C)C2)n1. The molecule has 1 saturated heterocycles. The topological polar surface area (TPSA) is 107 Å². The number of nitrogens with zero attached hydrogens (tertiary/aromatic N) is 3. The number of anilines is 3. The number of methoxy groups -OCH3 is 1. The van der Waals surface area contributed by atoms with Crippen LogP contribution in [0.3, 0.4) is 0 Å². The van der Waals surface area contributed by atoms with Crippen LogP contribution in [0.15, 0.2) is 30.5 Å². The van der Waals surface area contributed by atoms with E-state index in [4.69, 9.17) is 16.3 Å². The number of aromatic nitrogens is 3. The highest BCUT2D eigenvalue weighted by Gasteiger charge is 2.47. The fourth-order valence-corrected chi connectivity index (χ4v) is 5.12. The summed E-state index contributed by atoms with van der Waals surface area (Å²) in [7, 11) is 5.44. The molecule has 3 aromatic rings. The second-order valence-corrected chi connectivity index (χ2v) is 8.94. The largest absolute Gasteiger partial charge is 0.493 e. The number of amides is 1. The van der Waals surface area contributed by atoms with Crippen molar-refractivity contribution in [2.24, 2.45) is 0 Å². The number of rotatable bonds is 5. The lowest BCUT2D eigenvalue weighted by Crippen LogP contribution is -2.48. The molecule has 1 amide bonds. The van der Waals surface area contributed by atoms with Gasteiger partial charge < -0.3 is 30.6 Å². The first-order valence-electron chi connectivity index (χ1n) is 10.8. The molecule has 2 aromatic heterocycles. The Balaban J connectivity index is 1.73. The molecule has 0 saturated carbocycles. The summed E-state index contributed by atoms with van der Waals surface area (Å²) in [6.07, 6.45) is 2.64. The maximum Gasteiger partial charge on any atom is 0.255 e. The minimum atomic E-state index is -0.191. The van der Waals surface area contributed by atoms with Gasteiger partial charge in [-0.3, -0.25) is 4.79 Å². The Labute approximate surface area is 196 Å². The average molecular weight is 468 g/mol. The van der Waals surface area contributed by atoms with Gasteiger partial charge in [0.25, 0.3) is 5.91 Å². The van der Waals surface area contributed by atoms with E-state index in [1.54, 1.807) is 26.4 Å². The molecule has 2 aliphatic heterocycles. The van der Waals surface area contributed by atoms with Gasteiger partial charge >= 0.3 is 0 Å². The summed E-state index contributed by atoms with van der Waals surface area (Å²) in [6.45, 7) is 2.41. The van der Waals surface area contributed by atoms with Crippen LogP contribution in [0.2, 0.25) is 5.02 Å². The molecule has 1 spiro atoms. The maximum atomic E-state index is 13.2. The third kappa shape index (κ3) is 3.57. The summed E-state index contributed by atoms with van der Waals surface area (Å²) in [4.78, 5) is 28.0. The number of likely N-dealkylation sites (tertiary alicyclic amines) is 1. The van der Waals surface area contributed by atoms with Gasteiger partial charge in [-0.25, -0.2) is 9.97 Å². The molecule has 10 heteroatoms. The number of halogens is 1. The van der Waals surface area contributed by atoms with Crippen LogP contribution in [0.4, 0.5) is 17.3 Å². The van der Waals surface area contributed by atoms with Crippen molar-refractivity contribution in [2.75, 3.05) is 51.5 Å². The number of carbonyl (C=O) groups excluding carboxylic acids is 1. The molecule has 0 radical (unpaired) electrons. The number of H-pyrrole nitrogens is 1. The molecule has 0 aliphatic carbocycles. The van der Waals surface area contributed by atoms with E-state index in [1.807, 2.05) is 18.2 Å². The summed E-state index contributed by atoms with van der Waals surface area (Å²) < 4.78 is 5.54. The van der Waals surface area contributed by atoms with Crippen LogP contribution < -0.4 is 20.7 Å². The summed E-state index contributed by atoms with van der Waals surface area (Å²) in [5.41, 5.74) is 4.01. The molecule has 4 heterocycles. The van der Waals surface area contributed by atoms with Crippen molar-refractivity contribution in [3.8, 4) is 17.1 Å². The van der Waals surface area contributed by atoms with Gasteiger partial charge in [0.05, 0.1) is 40.5 Å². The minimum Gasteiger partial charge on any atom is -0.493 e. The van der Waals surface area contributed by atoms with Gasteiger partial charge in [0.2, 0.25) is 5.95 Å². The van der Waals surface area contributed by atoms with E-state index in [9.17, 15) is 4.79 Å². The molecule has 5 rings (SSSR count). The van der Waals surface area contributed by atoms with Gasteiger partial charge in [0.1, 0.15) is 0 Å². The number of fused-ring (bicyclic) bond motifs is 2. The third-order valence-corrected chi connectivity index (χ3v) is 6.75. The standard InChI is InChI=1S/C23H26ClN7O2/c1-25-22-26-9-7-14(29-22)17-18(28-15-6-4-5-13(24)19(15)33-3)16-20(30-17)23(11-27-21(16)32)8-10-31(2)12-23/h4-7,9,28,30H,8,10-12H2,1-3H3,(H,27,32)(H,25,26,29). The molecular formula is C23H26ClN7O2. The van der Waals surface area contributed by atoms with Gasteiger partial charge in [0.15, 0.2) is 5.75 Å². The predicted octanol–water partition coefficient (Wildman–Crippen LogP) is 3.24. The number of benzene rings is 1. The zero-order chi connectivity index (χ0) is 23.2. The molecule has 9 nitrogen and oxygen atoms in total. The number of carbonyl (C=O) groups is 1. The van der Waals surface area contributed by atoms with Crippen molar-refractivity contribution in [1.82, 2.24) is 25.2 Å². The molecule has 1 fully saturated rings. The lowest BCUT2D eigenvalue weighted by molar-refractivity contribution is 0.0925. The zero-order valence-electron chi connectivity index (χ0n) is 18.8. The van der Waals surface area contributed by atoms with Crippen molar-refractivity contribution in [3.63, 3.8) is 0 Å². The molecule has 1 aromatic carbocycles. The smallest absolute Gasteiger partial charge is 0.255 e. The van der Waals surface area contributed by atoms with Gasteiger partial charge in [-0.1, -0.05) is 17.7 Å². The molecule has 1 atom stereocenters. The number of likely N-dealkylation sites (N-methyl/N-ethyl adjacent to an activating group) is 1. The van der Waals surface area contributed by atoms with Crippen molar-refractivity contribution in [1.29, 1.82) is 0 Å². The first kappa shape index (κ1) is 21.5. The summed E-state index contributed by atoms with van der Waals surface area (Å²) >= 11 is 6.37. The Morgan fingerprint density at radius 1 is 1.30 bits per heavy atom. The van der Waals surface area contributed by atoms with Crippen molar-refractivity contribution >= 4 is 34.8 Å². The molecule has 1 unspecified atom stereocenters. The summed E-state index contributed by atoms with van der Waals surface area (Å²) in [5, 5.41) is 10.0. The van der Waals surface area contributed by atoms with Crippen LogP contribution in [0.5, 0.6) is 5.75 Å². The van der Waals surface area contributed by atoms with E-state index in [2.05, 4.69) is 42.8 Å². The van der Waals surface area contributed by atoms with Crippen LogP contribution in [-0.4, -0.2) is 66.6 Å². The quantitative estimate of drug-likeness (QED) is 0.456. The maximum absolute atomic E-state index is 13.2. The van der Waals surface area contributed by atoms with Gasteiger partial charge in [-0.15, -0.1) is 0 Å². The second kappa shape index (κ2) is 8.24. The van der Waals surface area contributed by atoms with Crippen LogP contribution >= 0.6 is 11.6 Å². The lowest BCUT2D eigenvalue weighted by atomic mass is 9.79. The normalized spacial score (nSPS) is 19.9. The number of hydrogen-bond donors (Lipinski definition) is 4. The molecule has 4 N–H and O–H groups in total. The second-order valence-electron chi connectivity index (χ2n) is 8.54. The Hall–Kier alpha value is -3.30. The summed E-state index contributed by atoms with van der Waals surface area (Å²) in [5.74, 6) is 0.871. The average Bonchev–Trinajstić information content (AvgIpc) is 3.39. The summed E-state index contributed by atoms with van der Waals surface area (Å²) in [6, 6.07) is 7.29. The fourth-order valence-electron chi connectivity index (χ4n) is 4.86. The Kier molecular flexibility index (Phi) is 5.38. The van der Waals surface area contributed by atoms with Crippen LogP contribution in [-0.2, 0) is 5.41 Å².